The van der Waals surface area contributed by atoms with Gasteiger partial charge in [0.25, 0.3) is 0 Å². The molecule has 0 radical (unpaired) electrons. The van der Waals surface area contributed by atoms with E-state index in [4.69, 9.17) is 4.74 Å². The van der Waals surface area contributed by atoms with Crippen molar-refractivity contribution in [2.75, 3.05) is 18.5 Å². The third kappa shape index (κ3) is 2.89. The van der Waals surface area contributed by atoms with Gasteiger partial charge in [0.05, 0.1) is 13.2 Å². The van der Waals surface area contributed by atoms with E-state index in [9.17, 15) is 5.11 Å². The van der Waals surface area contributed by atoms with Crippen molar-refractivity contribution >= 4 is 5.69 Å². The summed E-state index contributed by atoms with van der Waals surface area (Å²) in [5, 5.41) is 12.6. The highest BCUT2D eigenvalue weighted by Crippen LogP contribution is 2.29. The second-order valence-electron chi connectivity index (χ2n) is 4.24. The zero-order valence-electron chi connectivity index (χ0n) is 9.70. The molecule has 1 aliphatic carbocycles. The Labute approximate surface area is 96.4 Å². The van der Waals surface area contributed by atoms with Crippen molar-refractivity contribution in [2.24, 2.45) is 5.92 Å². The first-order valence-corrected chi connectivity index (χ1v) is 5.94. The molecule has 0 atom stereocenters. The minimum absolute atomic E-state index is 0.0221. The zero-order valence-corrected chi connectivity index (χ0v) is 9.70. The third-order valence-electron chi connectivity index (χ3n) is 2.82. The minimum atomic E-state index is 0.0221. The standard InChI is InChI=1S/C13H19NO2/c1-2-16-13-6-5-12(7-11(13)9-15)14-8-10-3-4-10/h5-7,10,14-15H,2-4,8-9H2,1H3. The molecule has 2 N–H and O–H groups in total. The summed E-state index contributed by atoms with van der Waals surface area (Å²) in [6.45, 7) is 3.63. The number of anilines is 1. The Morgan fingerprint density at radius 3 is 2.88 bits per heavy atom. The van der Waals surface area contributed by atoms with E-state index >= 15 is 0 Å². The van der Waals surface area contributed by atoms with E-state index in [1.807, 2.05) is 25.1 Å². The molecule has 1 aromatic carbocycles. The van der Waals surface area contributed by atoms with Gasteiger partial charge in [0.1, 0.15) is 5.75 Å². The van der Waals surface area contributed by atoms with Gasteiger partial charge in [-0.15, -0.1) is 0 Å². The van der Waals surface area contributed by atoms with E-state index < -0.39 is 0 Å². The normalized spacial score (nSPS) is 14.9. The highest BCUT2D eigenvalue weighted by Gasteiger charge is 2.20. The van der Waals surface area contributed by atoms with E-state index in [0.29, 0.717) is 6.61 Å². The lowest BCUT2D eigenvalue weighted by Crippen LogP contribution is -2.04. The number of ether oxygens (including phenoxy) is 1. The minimum Gasteiger partial charge on any atom is -0.494 e. The lowest BCUT2D eigenvalue weighted by molar-refractivity contribution is 0.267. The van der Waals surface area contributed by atoms with Gasteiger partial charge in [-0.3, -0.25) is 0 Å². The molecule has 16 heavy (non-hydrogen) atoms. The summed E-state index contributed by atoms with van der Waals surface area (Å²) in [4.78, 5) is 0. The molecule has 0 aliphatic heterocycles. The average Bonchev–Trinajstić information content (AvgIpc) is 3.12. The molecule has 0 saturated heterocycles. The van der Waals surface area contributed by atoms with Crippen LogP contribution in [-0.4, -0.2) is 18.3 Å². The molecule has 0 bridgehead atoms. The van der Waals surface area contributed by atoms with Crippen LogP contribution in [0.4, 0.5) is 5.69 Å². The molecule has 0 unspecified atom stereocenters. The van der Waals surface area contributed by atoms with Crippen molar-refractivity contribution < 1.29 is 9.84 Å². The predicted octanol–water partition coefficient (Wildman–Crippen LogP) is 2.40. The van der Waals surface area contributed by atoms with Gasteiger partial charge < -0.3 is 15.2 Å². The Morgan fingerprint density at radius 1 is 1.44 bits per heavy atom. The fourth-order valence-electron chi connectivity index (χ4n) is 1.69. The summed E-state index contributed by atoms with van der Waals surface area (Å²) >= 11 is 0. The second-order valence-corrected chi connectivity index (χ2v) is 4.24. The Bertz CT molecular complexity index is 348. The lowest BCUT2D eigenvalue weighted by atomic mass is 10.2. The van der Waals surface area contributed by atoms with Crippen LogP contribution >= 0.6 is 0 Å². The Kier molecular flexibility index (Phi) is 3.67. The molecule has 1 aliphatic rings. The molecule has 3 heteroatoms. The zero-order chi connectivity index (χ0) is 11.4. The summed E-state index contributed by atoms with van der Waals surface area (Å²) in [5.74, 6) is 1.63. The molecule has 0 amide bonds. The molecule has 3 nitrogen and oxygen atoms in total. The lowest BCUT2D eigenvalue weighted by Gasteiger charge is -2.11. The van der Waals surface area contributed by atoms with Crippen LogP contribution in [0.5, 0.6) is 5.75 Å². The van der Waals surface area contributed by atoms with Gasteiger partial charge in [0.2, 0.25) is 0 Å². The number of aliphatic hydroxyl groups excluding tert-OH is 1. The van der Waals surface area contributed by atoms with Crippen LogP contribution in [0, 0.1) is 5.92 Å². The van der Waals surface area contributed by atoms with Gasteiger partial charge in [-0.05, 0) is 43.9 Å². The van der Waals surface area contributed by atoms with Crippen molar-refractivity contribution in [2.45, 2.75) is 26.4 Å². The topological polar surface area (TPSA) is 41.5 Å². The first-order chi connectivity index (χ1) is 7.83. The summed E-state index contributed by atoms with van der Waals surface area (Å²) in [6, 6.07) is 5.89. The molecule has 0 aromatic heterocycles. The van der Waals surface area contributed by atoms with Crippen molar-refractivity contribution in [1.29, 1.82) is 0 Å². The second kappa shape index (κ2) is 5.21. The molecule has 0 spiro atoms. The molecule has 0 heterocycles. The highest BCUT2D eigenvalue weighted by molar-refractivity contribution is 5.51. The van der Waals surface area contributed by atoms with E-state index in [1.54, 1.807) is 0 Å². The molecular weight excluding hydrogens is 202 g/mol. The van der Waals surface area contributed by atoms with Gasteiger partial charge in [-0.1, -0.05) is 0 Å². The van der Waals surface area contributed by atoms with Crippen LogP contribution in [-0.2, 0) is 6.61 Å². The van der Waals surface area contributed by atoms with Gasteiger partial charge in [-0.25, -0.2) is 0 Å². The van der Waals surface area contributed by atoms with Gasteiger partial charge in [0.15, 0.2) is 0 Å². The van der Waals surface area contributed by atoms with Crippen LogP contribution in [0.25, 0.3) is 0 Å². The van der Waals surface area contributed by atoms with E-state index in [-0.39, 0.29) is 6.61 Å². The molecule has 88 valence electrons. The predicted molar refractivity (Wildman–Crippen MR) is 64.7 cm³/mol. The van der Waals surface area contributed by atoms with Gasteiger partial charge in [-0.2, -0.15) is 0 Å². The van der Waals surface area contributed by atoms with Crippen LogP contribution in [0.3, 0.4) is 0 Å². The van der Waals surface area contributed by atoms with Crippen molar-refractivity contribution in [3.63, 3.8) is 0 Å². The smallest absolute Gasteiger partial charge is 0.124 e. The fourth-order valence-corrected chi connectivity index (χ4v) is 1.69. The van der Waals surface area contributed by atoms with Crippen molar-refractivity contribution in [3.05, 3.63) is 23.8 Å². The number of benzene rings is 1. The van der Waals surface area contributed by atoms with Crippen LogP contribution in [0.2, 0.25) is 0 Å². The molecule has 1 aromatic rings. The summed E-state index contributed by atoms with van der Waals surface area (Å²) in [5.41, 5.74) is 1.92. The van der Waals surface area contributed by atoms with E-state index in [0.717, 1.165) is 29.5 Å². The SMILES string of the molecule is CCOc1ccc(NCC2CC2)cc1CO. The van der Waals surface area contributed by atoms with Gasteiger partial charge >= 0.3 is 0 Å². The number of aliphatic hydroxyl groups is 1. The Balaban J connectivity index is 2.02. The molecule has 1 fully saturated rings. The van der Waals surface area contributed by atoms with Crippen molar-refractivity contribution in [1.82, 2.24) is 0 Å². The molecule has 2 rings (SSSR count). The summed E-state index contributed by atoms with van der Waals surface area (Å²) in [7, 11) is 0. The number of hydrogen-bond acceptors (Lipinski definition) is 3. The largest absolute Gasteiger partial charge is 0.494 e. The summed E-state index contributed by atoms with van der Waals surface area (Å²) in [6.07, 6.45) is 2.69. The number of rotatable bonds is 6. The maximum absolute atomic E-state index is 9.25. The maximum atomic E-state index is 9.25. The fraction of sp³-hybridized carbons (Fsp3) is 0.538. The molecule has 1 saturated carbocycles. The number of nitrogens with one attached hydrogen (secondary N) is 1. The van der Waals surface area contributed by atoms with Crippen molar-refractivity contribution in [3.8, 4) is 5.75 Å². The third-order valence-corrected chi connectivity index (χ3v) is 2.82. The first-order valence-electron chi connectivity index (χ1n) is 5.94. The van der Waals surface area contributed by atoms with E-state index in [1.165, 1.54) is 12.8 Å². The number of hydrogen-bond donors (Lipinski definition) is 2. The van der Waals surface area contributed by atoms with Crippen LogP contribution in [0.15, 0.2) is 18.2 Å². The summed E-state index contributed by atoms with van der Waals surface area (Å²) < 4.78 is 5.43. The Hall–Kier alpha value is -1.22. The highest BCUT2D eigenvalue weighted by atomic mass is 16.5. The Morgan fingerprint density at radius 2 is 2.25 bits per heavy atom. The maximum Gasteiger partial charge on any atom is 0.124 e. The van der Waals surface area contributed by atoms with Crippen LogP contribution < -0.4 is 10.1 Å². The molecular formula is C13H19NO2. The first kappa shape index (κ1) is 11.3. The van der Waals surface area contributed by atoms with E-state index in [2.05, 4.69) is 5.32 Å². The monoisotopic (exact) mass is 221 g/mol. The average molecular weight is 221 g/mol. The van der Waals surface area contributed by atoms with Crippen LogP contribution in [0.1, 0.15) is 25.3 Å². The quantitative estimate of drug-likeness (QED) is 0.775. The van der Waals surface area contributed by atoms with Gasteiger partial charge in [0, 0.05) is 17.8 Å².